The first-order valence-corrected chi connectivity index (χ1v) is 11.1. The first-order valence-electron chi connectivity index (χ1n) is 10.7. The van der Waals surface area contributed by atoms with E-state index in [2.05, 4.69) is 14.9 Å². The molecule has 1 aliphatic rings. The molecule has 0 saturated carbocycles. The first-order chi connectivity index (χ1) is 16.2. The van der Waals surface area contributed by atoms with Gasteiger partial charge in [0, 0.05) is 55.3 Å². The summed E-state index contributed by atoms with van der Waals surface area (Å²) in [5.41, 5.74) is 7.40. The number of rotatable bonds is 5. The standard InChI is InChI=1S/C24H24ClF2N5O2/c1-14(21-17(26)3-4-18(27)22(21)25)34-20-12-16(13-30-23(20)28)19-11-15(5-6-29-19)24(33)32-9-7-31(2)8-10-32/h3-6,11-14H,7-10H2,1-2H3,(H2,28,30). The summed E-state index contributed by atoms with van der Waals surface area (Å²) in [5, 5.41) is -0.355. The highest BCUT2D eigenvalue weighted by atomic mass is 35.5. The maximum absolute atomic E-state index is 14.3. The summed E-state index contributed by atoms with van der Waals surface area (Å²) in [7, 11) is 2.03. The molecule has 1 saturated heterocycles. The van der Waals surface area contributed by atoms with Crippen molar-refractivity contribution in [3.05, 3.63) is 70.5 Å². The van der Waals surface area contributed by atoms with E-state index in [0.717, 1.165) is 25.2 Å². The average molecular weight is 488 g/mol. The molecule has 178 valence electrons. The first kappa shape index (κ1) is 23.8. The number of hydrogen-bond donors (Lipinski definition) is 1. The van der Waals surface area contributed by atoms with Crippen molar-refractivity contribution in [2.24, 2.45) is 0 Å². The molecule has 3 aromatic rings. The van der Waals surface area contributed by atoms with Crippen molar-refractivity contribution in [3.8, 4) is 17.0 Å². The Morgan fingerprint density at radius 3 is 2.56 bits per heavy atom. The zero-order chi connectivity index (χ0) is 24.4. The molecule has 1 aliphatic heterocycles. The van der Waals surface area contributed by atoms with Gasteiger partial charge in [0.15, 0.2) is 11.6 Å². The molecule has 2 N–H and O–H groups in total. The summed E-state index contributed by atoms with van der Waals surface area (Å²) in [6.45, 7) is 4.49. The number of piperazine rings is 1. The summed E-state index contributed by atoms with van der Waals surface area (Å²) in [6, 6.07) is 6.89. The van der Waals surface area contributed by atoms with E-state index in [0.29, 0.717) is 29.9 Å². The highest BCUT2D eigenvalue weighted by Crippen LogP contribution is 2.34. The number of anilines is 1. The summed E-state index contributed by atoms with van der Waals surface area (Å²) in [6.07, 6.45) is 2.12. The minimum atomic E-state index is -0.944. The van der Waals surface area contributed by atoms with Gasteiger partial charge in [0.25, 0.3) is 5.91 Å². The Kier molecular flexibility index (Phi) is 6.95. The number of likely N-dealkylation sites (N-methyl/N-ethyl adjacent to an activating group) is 1. The Morgan fingerprint density at radius 2 is 1.82 bits per heavy atom. The molecule has 2 aromatic heterocycles. The van der Waals surface area contributed by atoms with E-state index in [1.165, 1.54) is 13.1 Å². The largest absolute Gasteiger partial charge is 0.482 e. The molecule has 7 nitrogen and oxygen atoms in total. The summed E-state index contributed by atoms with van der Waals surface area (Å²) < 4.78 is 34.0. The van der Waals surface area contributed by atoms with Crippen LogP contribution in [-0.2, 0) is 0 Å². The van der Waals surface area contributed by atoms with Crippen molar-refractivity contribution >= 4 is 23.3 Å². The lowest BCUT2D eigenvalue weighted by Gasteiger charge is -2.32. The number of hydrogen-bond acceptors (Lipinski definition) is 6. The number of nitrogens with two attached hydrogens (primary N) is 1. The molecule has 34 heavy (non-hydrogen) atoms. The zero-order valence-electron chi connectivity index (χ0n) is 18.8. The van der Waals surface area contributed by atoms with E-state index in [9.17, 15) is 13.6 Å². The summed E-state index contributed by atoms with van der Waals surface area (Å²) >= 11 is 5.96. The van der Waals surface area contributed by atoms with Crippen LogP contribution in [0.15, 0.2) is 42.7 Å². The van der Waals surface area contributed by atoms with Crippen LogP contribution in [0.1, 0.15) is 28.9 Å². The normalized spacial score (nSPS) is 15.3. The van der Waals surface area contributed by atoms with Crippen LogP contribution >= 0.6 is 11.6 Å². The lowest BCUT2D eigenvalue weighted by Crippen LogP contribution is -2.47. The molecule has 0 spiro atoms. The Hall–Kier alpha value is -3.30. The molecule has 1 amide bonds. The van der Waals surface area contributed by atoms with Gasteiger partial charge in [0.2, 0.25) is 0 Å². The predicted molar refractivity (Wildman–Crippen MR) is 126 cm³/mol. The van der Waals surface area contributed by atoms with Gasteiger partial charge < -0.3 is 20.3 Å². The molecule has 0 aliphatic carbocycles. The van der Waals surface area contributed by atoms with Gasteiger partial charge >= 0.3 is 0 Å². The molecule has 1 atom stereocenters. The van der Waals surface area contributed by atoms with Crippen LogP contribution < -0.4 is 10.5 Å². The monoisotopic (exact) mass is 487 g/mol. The highest BCUT2D eigenvalue weighted by molar-refractivity contribution is 6.31. The molecule has 3 heterocycles. The van der Waals surface area contributed by atoms with Crippen molar-refractivity contribution in [1.82, 2.24) is 19.8 Å². The Balaban J connectivity index is 1.59. The second kappa shape index (κ2) is 9.90. The lowest BCUT2D eigenvalue weighted by atomic mass is 10.1. The van der Waals surface area contributed by atoms with Gasteiger partial charge in [-0.15, -0.1) is 0 Å². The van der Waals surface area contributed by atoms with Crippen LogP contribution in [0, 0.1) is 11.6 Å². The van der Waals surface area contributed by atoms with Crippen molar-refractivity contribution in [2.75, 3.05) is 39.0 Å². The van der Waals surface area contributed by atoms with Crippen molar-refractivity contribution in [1.29, 1.82) is 0 Å². The molecule has 0 radical (unpaired) electrons. The quantitative estimate of drug-likeness (QED) is 0.543. The van der Waals surface area contributed by atoms with E-state index in [4.69, 9.17) is 22.1 Å². The number of pyridine rings is 2. The van der Waals surface area contributed by atoms with E-state index < -0.39 is 17.7 Å². The number of nitrogen functional groups attached to an aromatic ring is 1. The van der Waals surface area contributed by atoms with Gasteiger partial charge in [-0.1, -0.05) is 11.6 Å². The van der Waals surface area contributed by atoms with Gasteiger partial charge in [-0.25, -0.2) is 13.8 Å². The number of nitrogens with zero attached hydrogens (tertiary/aromatic N) is 4. The van der Waals surface area contributed by atoms with Gasteiger partial charge in [0.1, 0.15) is 17.7 Å². The topological polar surface area (TPSA) is 84.6 Å². The highest BCUT2D eigenvalue weighted by Gasteiger charge is 2.23. The molecule has 10 heteroatoms. The zero-order valence-corrected chi connectivity index (χ0v) is 19.5. The number of carbonyl (C=O) groups excluding carboxylic acids is 1. The second-order valence-corrected chi connectivity index (χ2v) is 8.53. The fraction of sp³-hybridized carbons (Fsp3) is 0.292. The molecular weight excluding hydrogens is 464 g/mol. The van der Waals surface area contributed by atoms with Crippen LogP contribution in [0.4, 0.5) is 14.6 Å². The average Bonchev–Trinajstić information content (AvgIpc) is 2.83. The molecule has 1 unspecified atom stereocenters. The Morgan fingerprint density at radius 1 is 1.12 bits per heavy atom. The third-order valence-electron chi connectivity index (χ3n) is 5.76. The molecule has 1 fully saturated rings. The van der Waals surface area contributed by atoms with E-state index in [1.54, 1.807) is 24.4 Å². The van der Waals surface area contributed by atoms with E-state index in [1.807, 2.05) is 11.9 Å². The van der Waals surface area contributed by atoms with Crippen molar-refractivity contribution in [3.63, 3.8) is 0 Å². The van der Waals surface area contributed by atoms with Gasteiger partial charge in [-0.3, -0.25) is 9.78 Å². The number of halogens is 3. The number of carbonyl (C=O) groups is 1. The lowest BCUT2D eigenvalue weighted by molar-refractivity contribution is 0.0664. The maximum Gasteiger partial charge on any atom is 0.254 e. The van der Waals surface area contributed by atoms with Gasteiger partial charge in [-0.2, -0.15) is 0 Å². The Labute approximate surface area is 201 Å². The van der Waals surface area contributed by atoms with Crippen molar-refractivity contribution < 1.29 is 18.3 Å². The van der Waals surface area contributed by atoms with Crippen LogP contribution in [0.3, 0.4) is 0 Å². The molecule has 4 rings (SSSR count). The van der Waals surface area contributed by atoms with Crippen LogP contribution in [0.25, 0.3) is 11.3 Å². The summed E-state index contributed by atoms with van der Waals surface area (Å²) in [4.78, 5) is 25.4. The predicted octanol–water partition coefficient (Wildman–Crippen LogP) is 4.19. The number of aromatic nitrogens is 2. The van der Waals surface area contributed by atoms with E-state index in [-0.39, 0.29) is 28.1 Å². The minimum absolute atomic E-state index is 0.0631. The minimum Gasteiger partial charge on any atom is -0.482 e. The van der Waals surface area contributed by atoms with Crippen LogP contribution in [0.2, 0.25) is 5.02 Å². The number of ether oxygens (including phenoxy) is 1. The molecular formula is C24H24ClF2N5O2. The number of amides is 1. The van der Waals surface area contributed by atoms with Crippen molar-refractivity contribution in [2.45, 2.75) is 13.0 Å². The smallest absolute Gasteiger partial charge is 0.254 e. The second-order valence-electron chi connectivity index (χ2n) is 8.15. The van der Waals surface area contributed by atoms with Gasteiger partial charge in [-0.05, 0) is 44.3 Å². The third-order valence-corrected chi connectivity index (χ3v) is 6.15. The van der Waals surface area contributed by atoms with Gasteiger partial charge in [0.05, 0.1) is 10.7 Å². The Bertz CT molecular complexity index is 1220. The molecule has 0 bridgehead atoms. The van der Waals surface area contributed by atoms with Crippen LogP contribution in [0.5, 0.6) is 5.75 Å². The maximum atomic E-state index is 14.3. The fourth-order valence-corrected chi connectivity index (χ4v) is 4.07. The third kappa shape index (κ3) is 4.95. The fourth-order valence-electron chi connectivity index (χ4n) is 3.77. The van der Waals surface area contributed by atoms with E-state index >= 15 is 0 Å². The number of benzene rings is 1. The molecule has 1 aromatic carbocycles. The van der Waals surface area contributed by atoms with Crippen LogP contribution in [-0.4, -0.2) is 58.9 Å². The summed E-state index contributed by atoms with van der Waals surface area (Å²) in [5.74, 6) is -1.30. The SMILES string of the molecule is CC(Oc1cc(-c2cc(C(=O)N3CCN(C)CC3)ccn2)cnc1N)c1c(F)ccc(F)c1Cl.